The van der Waals surface area contributed by atoms with Gasteiger partial charge in [-0.25, -0.2) is 15.0 Å². The van der Waals surface area contributed by atoms with Gasteiger partial charge in [0.25, 0.3) is 0 Å². The van der Waals surface area contributed by atoms with Crippen LogP contribution in [0.15, 0.2) is 196 Å². The molecule has 3 aliphatic rings. The number of ether oxygens (including phenoxy) is 1. The van der Waals surface area contributed by atoms with E-state index in [1.54, 1.807) is 0 Å². The standard InChI is InChI=1S/C47H33N3O/c1-3-13-35(14-4-1)46-48-27-26-42-43-28-37-17-7-8-18-38(37)29-45(43)51-44(42)30-39(31-49-47(50-46)36-15-5-2-6-16-36)32-22-24-34(25-23-32)41-21-11-19-33-12-9-10-20-40(33)41/h1-31,43,45H/b27-26?,39-30?,39-31+,42-26+,44-30+,48-27+,48-46?,49-31?,49-47-,50-46-,50-47?. The van der Waals surface area contributed by atoms with Crippen LogP contribution in [0.1, 0.15) is 16.7 Å². The second kappa shape index (κ2) is 13.3. The molecular weight excluding hydrogens is 623 g/mol. The lowest BCUT2D eigenvalue weighted by molar-refractivity contribution is 0.201. The number of rotatable bonds is 4. The summed E-state index contributed by atoms with van der Waals surface area (Å²) in [6, 6.07) is 52.3. The maximum Gasteiger partial charge on any atom is 0.161 e. The van der Waals surface area contributed by atoms with Crippen LogP contribution in [0.3, 0.4) is 0 Å². The molecule has 0 N–H and O–H groups in total. The molecule has 2 aliphatic heterocycles. The number of allylic oxidation sites excluding steroid dienone is 4. The molecule has 1 saturated heterocycles. The fraction of sp³-hybridized carbons (Fsp3) is 0.0426. The minimum absolute atomic E-state index is 0.0380. The van der Waals surface area contributed by atoms with Crippen LogP contribution in [-0.2, 0) is 4.74 Å². The first-order chi connectivity index (χ1) is 25.3. The highest BCUT2D eigenvalue weighted by Crippen LogP contribution is 2.39. The van der Waals surface area contributed by atoms with E-state index in [0.717, 1.165) is 39.2 Å². The maximum atomic E-state index is 6.77. The predicted molar refractivity (Wildman–Crippen MR) is 211 cm³/mol. The zero-order valence-corrected chi connectivity index (χ0v) is 27.8. The summed E-state index contributed by atoms with van der Waals surface area (Å²) < 4.78 is 6.77. The van der Waals surface area contributed by atoms with E-state index in [-0.39, 0.29) is 12.0 Å². The lowest BCUT2D eigenvalue weighted by Crippen LogP contribution is -2.33. The Hall–Kier alpha value is -6.65. The lowest BCUT2D eigenvalue weighted by atomic mass is 9.89. The SMILES string of the molecule is C1=c2ccccc2=CC2C3=C\C=N\C(c4ccccc4)=N/C(c4ccccc4)=N\C=C(c4ccc(-c5cccc6ccccc56)cc4)/C=C\3OC12. The largest absolute Gasteiger partial charge is 0.485 e. The van der Waals surface area contributed by atoms with Crippen molar-refractivity contribution in [3.63, 3.8) is 0 Å². The first-order valence-corrected chi connectivity index (χ1v) is 17.2. The smallest absolute Gasteiger partial charge is 0.161 e. The minimum Gasteiger partial charge on any atom is -0.485 e. The van der Waals surface area contributed by atoms with Gasteiger partial charge in [0.05, 0.1) is 0 Å². The van der Waals surface area contributed by atoms with Gasteiger partial charge in [0.2, 0.25) is 0 Å². The molecule has 0 amide bonds. The van der Waals surface area contributed by atoms with Crippen LogP contribution in [0.2, 0.25) is 0 Å². The average molecular weight is 656 g/mol. The second-order valence-electron chi connectivity index (χ2n) is 12.8. The number of hydrogen-bond donors (Lipinski definition) is 0. The molecule has 2 unspecified atom stereocenters. The average Bonchev–Trinajstić information content (AvgIpc) is 3.52. The van der Waals surface area contributed by atoms with Crippen molar-refractivity contribution >= 4 is 46.4 Å². The summed E-state index contributed by atoms with van der Waals surface area (Å²) in [5.74, 6) is 1.99. The quantitative estimate of drug-likeness (QED) is 0.187. The van der Waals surface area contributed by atoms with E-state index >= 15 is 0 Å². The van der Waals surface area contributed by atoms with Crippen molar-refractivity contribution in [2.45, 2.75) is 6.10 Å². The van der Waals surface area contributed by atoms with Gasteiger partial charge < -0.3 is 4.74 Å². The molecule has 6 aromatic rings. The predicted octanol–water partition coefficient (Wildman–Crippen LogP) is 8.93. The molecule has 4 heteroatoms. The Morgan fingerprint density at radius 3 is 1.96 bits per heavy atom. The molecule has 2 heterocycles. The second-order valence-corrected chi connectivity index (χ2v) is 12.8. The summed E-state index contributed by atoms with van der Waals surface area (Å²) in [5.41, 5.74) is 7.17. The third kappa shape index (κ3) is 6.09. The van der Waals surface area contributed by atoms with Gasteiger partial charge >= 0.3 is 0 Å². The van der Waals surface area contributed by atoms with Crippen LogP contribution in [0.5, 0.6) is 0 Å². The fourth-order valence-electron chi connectivity index (χ4n) is 7.03. The highest BCUT2D eigenvalue weighted by molar-refractivity contribution is 6.14. The lowest BCUT2D eigenvalue weighted by Gasteiger charge is -2.14. The zero-order chi connectivity index (χ0) is 34.0. The number of nitrogens with zero attached hydrogens (tertiary/aromatic N) is 3. The van der Waals surface area contributed by atoms with Crippen molar-refractivity contribution in [3.8, 4) is 11.1 Å². The molecular formula is C47H33N3O. The summed E-state index contributed by atoms with van der Waals surface area (Å²) >= 11 is 0. The van der Waals surface area contributed by atoms with Gasteiger partial charge in [0.15, 0.2) is 11.7 Å². The van der Waals surface area contributed by atoms with E-state index in [9.17, 15) is 0 Å². The monoisotopic (exact) mass is 655 g/mol. The molecule has 0 aromatic heterocycles. The highest BCUT2D eigenvalue weighted by atomic mass is 16.5. The van der Waals surface area contributed by atoms with Gasteiger partial charge in [-0.05, 0) is 56.1 Å². The maximum absolute atomic E-state index is 6.77. The van der Waals surface area contributed by atoms with Gasteiger partial charge in [0.1, 0.15) is 11.9 Å². The molecule has 0 saturated carbocycles. The first-order valence-electron chi connectivity index (χ1n) is 17.2. The molecule has 9 rings (SSSR count). The Bertz CT molecular complexity index is 2590. The van der Waals surface area contributed by atoms with Crippen molar-refractivity contribution in [1.29, 1.82) is 0 Å². The minimum atomic E-state index is -0.128. The molecule has 0 spiro atoms. The Morgan fingerprint density at radius 1 is 0.529 bits per heavy atom. The number of amidine groups is 2. The third-order valence-corrected chi connectivity index (χ3v) is 9.62. The van der Waals surface area contributed by atoms with E-state index in [1.807, 2.05) is 73.1 Å². The topological polar surface area (TPSA) is 46.3 Å². The van der Waals surface area contributed by atoms with E-state index in [0.29, 0.717) is 11.7 Å². The van der Waals surface area contributed by atoms with Crippen LogP contribution in [0, 0.1) is 5.92 Å². The molecule has 242 valence electrons. The van der Waals surface area contributed by atoms with E-state index in [2.05, 4.69) is 115 Å². The highest BCUT2D eigenvalue weighted by Gasteiger charge is 2.35. The Labute approximate surface area is 296 Å². The van der Waals surface area contributed by atoms with Gasteiger partial charge in [-0.2, -0.15) is 0 Å². The summed E-state index contributed by atoms with van der Waals surface area (Å²) in [5, 5.41) is 4.84. The molecule has 0 bridgehead atoms. The Kier molecular flexibility index (Phi) is 7.95. The van der Waals surface area contributed by atoms with Crippen LogP contribution in [0.4, 0.5) is 0 Å². The molecule has 2 atom stereocenters. The van der Waals surface area contributed by atoms with E-state index in [4.69, 9.17) is 19.7 Å². The third-order valence-electron chi connectivity index (χ3n) is 9.62. The summed E-state index contributed by atoms with van der Waals surface area (Å²) in [6.45, 7) is 0. The molecule has 0 radical (unpaired) electrons. The van der Waals surface area contributed by atoms with Gasteiger partial charge in [-0.15, -0.1) is 0 Å². The normalized spacial score (nSPS) is 23.7. The number of hydrogen-bond acceptors (Lipinski definition) is 4. The molecule has 51 heavy (non-hydrogen) atoms. The first kappa shape index (κ1) is 30.4. The molecule has 1 aliphatic carbocycles. The number of fused-ring (bicyclic) bond motifs is 5. The van der Waals surface area contributed by atoms with Crippen molar-refractivity contribution in [2.24, 2.45) is 20.9 Å². The summed E-state index contributed by atoms with van der Waals surface area (Å²) in [7, 11) is 0. The van der Waals surface area contributed by atoms with Crippen LogP contribution in [-0.4, -0.2) is 24.0 Å². The molecule has 1 fully saturated rings. The zero-order valence-electron chi connectivity index (χ0n) is 27.8. The van der Waals surface area contributed by atoms with Crippen molar-refractivity contribution in [3.05, 3.63) is 208 Å². The van der Waals surface area contributed by atoms with Crippen molar-refractivity contribution in [2.75, 3.05) is 0 Å². The van der Waals surface area contributed by atoms with Crippen molar-refractivity contribution in [1.82, 2.24) is 0 Å². The molecule has 4 nitrogen and oxygen atoms in total. The summed E-state index contributed by atoms with van der Waals surface area (Å²) in [6.07, 6.45) is 12.4. The van der Waals surface area contributed by atoms with E-state index < -0.39 is 0 Å². The van der Waals surface area contributed by atoms with Gasteiger partial charge in [-0.3, -0.25) is 0 Å². The Morgan fingerprint density at radius 2 is 1.18 bits per heavy atom. The van der Waals surface area contributed by atoms with Crippen LogP contribution >= 0.6 is 0 Å². The Balaban J connectivity index is 1.22. The van der Waals surface area contributed by atoms with Crippen LogP contribution < -0.4 is 10.4 Å². The number of aliphatic imine (C=N–C) groups is 3. The summed E-state index contributed by atoms with van der Waals surface area (Å²) in [4.78, 5) is 15.1. The van der Waals surface area contributed by atoms with Crippen LogP contribution in [0.25, 0.3) is 39.6 Å². The van der Waals surface area contributed by atoms with Gasteiger partial charge in [0, 0.05) is 40.6 Å². The fourth-order valence-corrected chi connectivity index (χ4v) is 7.03. The van der Waals surface area contributed by atoms with E-state index in [1.165, 1.54) is 26.8 Å². The number of benzene rings is 6. The molecule has 6 aromatic carbocycles. The van der Waals surface area contributed by atoms with Crippen molar-refractivity contribution < 1.29 is 4.74 Å². The van der Waals surface area contributed by atoms with Gasteiger partial charge in [-0.1, -0.05) is 158 Å².